The summed E-state index contributed by atoms with van der Waals surface area (Å²) in [6, 6.07) is 7.60. The smallest absolute Gasteiger partial charge is 0.261 e. The predicted molar refractivity (Wildman–Crippen MR) is 91.3 cm³/mol. The van der Waals surface area contributed by atoms with Crippen LogP contribution in [0.5, 0.6) is 5.75 Å². The molecular formula is C16H15ClN2O2S. The van der Waals surface area contributed by atoms with Crippen molar-refractivity contribution in [2.45, 2.75) is 13.3 Å². The van der Waals surface area contributed by atoms with Gasteiger partial charge in [0.15, 0.2) is 0 Å². The number of pyridine rings is 1. The lowest BCUT2D eigenvalue weighted by Gasteiger charge is -2.05. The number of rotatable bonds is 4. The van der Waals surface area contributed by atoms with Crippen LogP contribution in [-0.4, -0.2) is 24.5 Å². The molecule has 1 amide bonds. The molecule has 4 nitrogen and oxygen atoms in total. The van der Waals surface area contributed by atoms with Crippen molar-refractivity contribution < 1.29 is 9.53 Å². The number of amides is 1. The fraction of sp³-hybridized carbons (Fsp3) is 0.250. The number of benzene rings is 1. The number of nitrogens with zero attached hydrogens (tertiary/aromatic N) is 1. The molecule has 2 heterocycles. The Balaban J connectivity index is 2.10. The van der Waals surface area contributed by atoms with Gasteiger partial charge in [0, 0.05) is 17.3 Å². The molecule has 2 aromatic heterocycles. The normalized spacial score (nSPS) is 11.0. The Hall–Kier alpha value is -1.85. The largest absolute Gasteiger partial charge is 0.495 e. The van der Waals surface area contributed by atoms with Crippen molar-refractivity contribution in [2.75, 3.05) is 13.7 Å². The zero-order valence-corrected chi connectivity index (χ0v) is 13.8. The number of ether oxygens (including phenoxy) is 1. The topological polar surface area (TPSA) is 51.2 Å². The van der Waals surface area contributed by atoms with Crippen LogP contribution >= 0.6 is 22.9 Å². The summed E-state index contributed by atoms with van der Waals surface area (Å²) in [5, 5.41) is 5.24. The van der Waals surface area contributed by atoms with E-state index in [1.807, 2.05) is 31.2 Å². The van der Waals surface area contributed by atoms with Gasteiger partial charge in [-0.1, -0.05) is 18.5 Å². The van der Waals surface area contributed by atoms with Gasteiger partial charge in [0.2, 0.25) is 0 Å². The van der Waals surface area contributed by atoms with Crippen molar-refractivity contribution in [2.24, 2.45) is 0 Å². The molecule has 0 saturated heterocycles. The number of hydrogen-bond donors (Lipinski definition) is 1. The van der Waals surface area contributed by atoms with Crippen LogP contribution in [-0.2, 0) is 0 Å². The highest BCUT2D eigenvalue weighted by Gasteiger charge is 2.13. The van der Waals surface area contributed by atoms with Crippen molar-refractivity contribution in [3.8, 4) is 5.75 Å². The SMILES string of the molecule is CCCNC(=O)c1cc2cc3ccc(OC)c(Cl)c3nc2s1. The van der Waals surface area contributed by atoms with Gasteiger partial charge in [-0.05, 0) is 30.7 Å². The van der Waals surface area contributed by atoms with Crippen molar-refractivity contribution in [3.05, 3.63) is 34.2 Å². The van der Waals surface area contributed by atoms with Gasteiger partial charge in [0.25, 0.3) is 5.91 Å². The molecule has 3 aromatic rings. The van der Waals surface area contributed by atoms with Gasteiger partial charge < -0.3 is 10.1 Å². The number of halogens is 1. The maximum atomic E-state index is 12.1. The molecule has 0 aliphatic rings. The van der Waals surface area contributed by atoms with Crippen molar-refractivity contribution in [3.63, 3.8) is 0 Å². The van der Waals surface area contributed by atoms with Gasteiger partial charge in [-0.2, -0.15) is 0 Å². The van der Waals surface area contributed by atoms with Crippen LogP contribution in [0.1, 0.15) is 23.0 Å². The third-order valence-electron chi connectivity index (χ3n) is 3.36. The van der Waals surface area contributed by atoms with E-state index in [4.69, 9.17) is 16.3 Å². The number of carbonyl (C=O) groups is 1. The van der Waals surface area contributed by atoms with E-state index in [0.29, 0.717) is 27.7 Å². The quantitative estimate of drug-likeness (QED) is 0.776. The Morgan fingerprint density at radius 3 is 2.91 bits per heavy atom. The Kier molecular flexibility index (Phi) is 4.18. The van der Waals surface area contributed by atoms with E-state index < -0.39 is 0 Å². The molecule has 1 aromatic carbocycles. The van der Waals surface area contributed by atoms with Gasteiger partial charge in [0.1, 0.15) is 15.6 Å². The molecule has 0 radical (unpaired) electrons. The fourth-order valence-corrected chi connectivity index (χ4v) is 3.46. The third-order valence-corrected chi connectivity index (χ3v) is 4.76. The van der Waals surface area contributed by atoms with Crippen LogP contribution in [0.2, 0.25) is 5.02 Å². The number of carbonyl (C=O) groups excluding carboxylic acids is 1. The molecule has 0 aliphatic carbocycles. The van der Waals surface area contributed by atoms with E-state index >= 15 is 0 Å². The first kappa shape index (κ1) is 15.1. The Labute approximate surface area is 137 Å². The number of aromatic nitrogens is 1. The van der Waals surface area contributed by atoms with E-state index in [9.17, 15) is 4.79 Å². The standard InChI is InChI=1S/C16H15ClN2O2S/c1-3-6-18-15(20)12-8-10-7-9-4-5-11(21-2)13(17)14(9)19-16(10)22-12/h4-5,7-8H,3,6H2,1-2H3,(H,18,20). The second-order valence-corrected chi connectivity index (χ2v) is 6.31. The van der Waals surface area contributed by atoms with Crippen LogP contribution in [0.15, 0.2) is 24.3 Å². The highest BCUT2D eigenvalue weighted by molar-refractivity contribution is 7.20. The summed E-state index contributed by atoms with van der Waals surface area (Å²) >= 11 is 7.69. The van der Waals surface area contributed by atoms with E-state index in [1.165, 1.54) is 11.3 Å². The van der Waals surface area contributed by atoms with Crippen molar-refractivity contribution in [1.29, 1.82) is 0 Å². The minimum atomic E-state index is -0.0578. The van der Waals surface area contributed by atoms with Crippen LogP contribution in [0.4, 0.5) is 0 Å². The summed E-state index contributed by atoms with van der Waals surface area (Å²) < 4.78 is 5.22. The number of fused-ring (bicyclic) bond motifs is 2. The first-order chi connectivity index (χ1) is 10.6. The lowest BCUT2D eigenvalue weighted by molar-refractivity contribution is 0.0958. The van der Waals surface area contributed by atoms with Gasteiger partial charge in [-0.25, -0.2) is 4.98 Å². The average molecular weight is 335 g/mol. The Bertz CT molecular complexity index is 860. The molecule has 0 bridgehead atoms. The Morgan fingerprint density at radius 2 is 2.18 bits per heavy atom. The van der Waals surface area contributed by atoms with Gasteiger partial charge in [-0.3, -0.25) is 4.79 Å². The van der Waals surface area contributed by atoms with E-state index in [-0.39, 0.29) is 5.91 Å². The fourth-order valence-electron chi connectivity index (χ4n) is 2.24. The van der Waals surface area contributed by atoms with Crippen LogP contribution in [0.25, 0.3) is 21.1 Å². The highest BCUT2D eigenvalue weighted by atomic mass is 35.5. The lowest BCUT2D eigenvalue weighted by Crippen LogP contribution is -2.22. The van der Waals surface area contributed by atoms with Crippen LogP contribution < -0.4 is 10.1 Å². The zero-order valence-electron chi connectivity index (χ0n) is 12.3. The maximum absolute atomic E-state index is 12.1. The van der Waals surface area contributed by atoms with Crippen LogP contribution in [0.3, 0.4) is 0 Å². The van der Waals surface area contributed by atoms with Crippen molar-refractivity contribution >= 4 is 50.0 Å². The predicted octanol–water partition coefficient (Wildman–Crippen LogP) is 4.25. The van der Waals surface area contributed by atoms with Gasteiger partial charge in [0.05, 0.1) is 17.5 Å². The molecule has 0 aliphatic heterocycles. The number of thiophene rings is 1. The summed E-state index contributed by atoms with van der Waals surface area (Å²) in [5.74, 6) is 0.538. The molecule has 0 spiro atoms. The van der Waals surface area contributed by atoms with E-state index in [0.717, 1.165) is 22.0 Å². The zero-order chi connectivity index (χ0) is 15.7. The first-order valence-electron chi connectivity index (χ1n) is 6.99. The average Bonchev–Trinajstić information content (AvgIpc) is 2.94. The molecule has 1 N–H and O–H groups in total. The van der Waals surface area contributed by atoms with E-state index in [2.05, 4.69) is 10.3 Å². The van der Waals surface area contributed by atoms with E-state index in [1.54, 1.807) is 7.11 Å². The van der Waals surface area contributed by atoms with Gasteiger partial charge in [-0.15, -0.1) is 11.3 Å². The summed E-state index contributed by atoms with van der Waals surface area (Å²) in [6.45, 7) is 2.69. The molecule has 22 heavy (non-hydrogen) atoms. The lowest BCUT2D eigenvalue weighted by atomic mass is 10.2. The van der Waals surface area contributed by atoms with Gasteiger partial charge >= 0.3 is 0 Å². The number of nitrogens with one attached hydrogen (secondary N) is 1. The van der Waals surface area contributed by atoms with Crippen molar-refractivity contribution in [1.82, 2.24) is 10.3 Å². The highest BCUT2D eigenvalue weighted by Crippen LogP contribution is 2.35. The molecular weight excluding hydrogens is 320 g/mol. The molecule has 114 valence electrons. The minimum Gasteiger partial charge on any atom is -0.495 e. The second-order valence-electron chi connectivity index (χ2n) is 4.90. The summed E-state index contributed by atoms with van der Waals surface area (Å²) in [6.07, 6.45) is 0.911. The second kappa shape index (κ2) is 6.10. The molecule has 3 rings (SSSR count). The molecule has 6 heteroatoms. The first-order valence-corrected chi connectivity index (χ1v) is 8.18. The number of hydrogen-bond acceptors (Lipinski definition) is 4. The summed E-state index contributed by atoms with van der Waals surface area (Å²) in [7, 11) is 1.58. The summed E-state index contributed by atoms with van der Waals surface area (Å²) in [5.41, 5.74) is 0.691. The monoisotopic (exact) mass is 334 g/mol. The Morgan fingerprint density at radius 1 is 1.36 bits per heavy atom. The number of methoxy groups -OCH3 is 1. The molecule has 0 atom stereocenters. The minimum absolute atomic E-state index is 0.0578. The van der Waals surface area contributed by atoms with Crippen LogP contribution in [0, 0.1) is 0 Å². The molecule has 0 fully saturated rings. The third kappa shape index (κ3) is 2.62. The summed E-state index contributed by atoms with van der Waals surface area (Å²) in [4.78, 5) is 18.1. The molecule has 0 unspecified atom stereocenters. The maximum Gasteiger partial charge on any atom is 0.261 e. The molecule has 0 saturated carbocycles.